The predicted molar refractivity (Wildman–Crippen MR) is 129 cm³/mol. The molecular formula is C26H25N3O4. The number of carboxylic acids is 1. The minimum Gasteiger partial charge on any atom is -0.494 e. The molecule has 3 N–H and O–H groups in total. The number of nitrogens with zero attached hydrogens (tertiary/aromatic N) is 2. The molecule has 0 amide bonds. The quantitative estimate of drug-likeness (QED) is 0.344. The van der Waals surface area contributed by atoms with E-state index >= 15 is 0 Å². The predicted octanol–water partition coefficient (Wildman–Crippen LogP) is 4.68. The Kier molecular flexibility index (Phi) is 6.42. The summed E-state index contributed by atoms with van der Waals surface area (Å²) in [5, 5.41) is 20.7. The highest BCUT2D eigenvalue weighted by Gasteiger charge is 2.19. The SMILES string of the molecule is CN(C)CCOc1ccc(N=C(c2ccccc2)c2c(O)[nH]c3cc(C(=O)O)ccc23)cc1. The third-order valence-electron chi connectivity index (χ3n) is 5.19. The summed E-state index contributed by atoms with van der Waals surface area (Å²) >= 11 is 0. The first kappa shape index (κ1) is 22.1. The molecule has 0 saturated carbocycles. The van der Waals surface area contributed by atoms with Crippen LogP contribution in [0.3, 0.4) is 0 Å². The van der Waals surface area contributed by atoms with Crippen LogP contribution < -0.4 is 4.74 Å². The van der Waals surface area contributed by atoms with Crippen molar-refractivity contribution in [1.29, 1.82) is 0 Å². The molecule has 1 aromatic heterocycles. The van der Waals surface area contributed by atoms with Gasteiger partial charge in [-0.2, -0.15) is 0 Å². The number of ether oxygens (including phenoxy) is 1. The highest BCUT2D eigenvalue weighted by Crippen LogP contribution is 2.32. The number of fused-ring (bicyclic) bond motifs is 1. The number of hydrogen-bond donors (Lipinski definition) is 3. The van der Waals surface area contributed by atoms with Crippen LogP contribution in [0, 0.1) is 0 Å². The molecule has 1 heterocycles. The van der Waals surface area contributed by atoms with E-state index in [4.69, 9.17) is 9.73 Å². The maximum absolute atomic E-state index is 11.3. The molecule has 0 saturated heterocycles. The summed E-state index contributed by atoms with van der Waals surface area (Å²) in [7, 11) is 3.99. The smallest absolute Gasteiger partial charge is 0.335 e. The van der Waals surface area contributed by atoms with Crippen molar-refractivity contribution in [1.82, 2.24) is 9.88 Å². The minimum atomic E-state index is -1.03. The average molecular weight is 444 g/mol. The number of nitrogens with one attached hydrogen (secondary N) is 1. The number of aromatic carboxylic acids is 1. The molecule has 0 spiro atoms. The molecule has 168 valence electrons. The van der Waals surface area contributed by atoms with Gasteiger partial charge in [0, 0.05) is 23.0 Å². The van der Waals surface area contributed by atoms with Crippen molar-refractivity contribution in [2.45, 2.75) is 0 Å². The van der Waals surface area contributed by atoms with Gasteiger partial charge in [0.05, 0.1) is 22.5 Å². The van der Waals surface area contributed by atoms with Crippen molar-refractivity contribution >= 4 is 28.3 Å². The Labute approximate surface area is 191 Å². The average Bonchev–Trinajstić information content (AvgIpc) is 3.13. The molecule has 4 rings (SSSR count). The molecule has 0 aliphatic heterocycles. The fourth-order valence-corrected chi connectivity index (χ4v) is 3.51. The third-order valence-corrected chi connectivity index (χ3v) is 5.19. The fraction of sp³-hybridized carbons (Fsp3) is 0.154. The van der Waals surface area contributed by atoms with Crippen LogP contribution in [0.15, 0.2) is 77.8 Å². The zero-order chi connectivity index (χ0) is 23.4. The van der Waals surface area contributed by atoms with Crippen molar-refractivity contribution in [2.24, 2.45) is 4.99 Å². The molecule has 4 aromatic rings. The van der Waals surface area contributed by atoms with E-state index in [1.807, 2.05) is 68.7 Å². The Balaban J connectivity index is 1.75. The number of hydrogen-bond acceptors (Lipinski definition) is 5. The zero-order valence-corrected chi connectivity index (χ0v) is 18.4. The molecule has 0 radical (unpaired) electrons. The maximum Gasteiger partial charge on any atom is 0.335 e. The second-order valence-electron chi connectivity index (χ2n) is 7.89. The monoisotopic (exact) mass is 443 g/mol. The van der Waals surface area contributed by atoms with Gasteiger partial charge in [0.15, 0.2) is 5.88 Å². The van der Waals surface area contributed by atoms with Crippen LogP contribution in [0.4, 0.5) is 5.69 Å². The van der Waals surface area contributed by atoms with Gasteiger partial charge in [-0.15, -0.1) is 0 Å². The van der Waals surface area contributed by atoms with Crippen molar-refractivity contribution in [3.05, 3.63) is 89.5 Å². The van der Waals surface area contributed by atoms with Crippen LogP contribution in [0.2, 0.25) is 0 Å². The van der Waals surface area contributed by atoms with E-state index in [1.54, 1.807) is 6.07 Å². The second-order valence-corrected chi connectivity index (χ2v) is 7.89. The van der Waals surface area contributed by atoms with Crippen molar-refractivity contribution in [2.75, 3.05) is 27.2 Å². The summed E-state index contributed by atoms with van der Waals surface area (Å²) in [6, 6.07) is 21.7. The normalized spacial score (nSPS) is 11.8. The lowest BCUT2D eigenvalue weighted by atomic mass is 10.00. The van der Waals surface area contributed by atoms with Gasteiger partial charge in [0.25, 0.3) is 0 Å². The van der Waals surface area contributed by atoms with Crippen molar-refractivity contribution in [3.63, 3.8) is 0 Å². The van der Waals surface area contributed by atoms with E-state index in [0.29, 0.717) is 34.5 Å². The van der Waals surface area contributed by atoms with E-state index in [2.05, 4.69) is 9.88 Å². The Morgan fingerprint density at radius 3 is 2.39 bits per heavy atom. The molecule has 7 heteroatoms. The number of likely N-dealkylation sites (N-methyl/N-ethyl adjacent to an activating group) is 1. The van der Waals surface area contributed by atoms with E-state index < -0.39 is 5.97 Å². The Morgan fingerprint density at radius 1 is 1.00 bits per heavy atom. The van der Waals surface area contributed by atoms with Gasteiger partial charge in [-0.25, -0.2) is 9.79 Å². The first-order chi connectivity index (χ1) is 15.9. The Hall–Kier alpha value is -4.10. The van der Waals surface area contributed by atoms with Crippen LogP contribution in [0.5, 0.6) is 11.6 Å². The Morgan fingerprint density at radius 2 is 1.73 bits per heavy atom. The number of benzene rings is 3. The summed E-state index contributed by atoms with van der Waals surface area (Å²) in [4.78, 5) is 21.1. The summed E-state index contributed by atoms with van der Waals surface area (Å²) < 4.78 is 5.76. The molecule has 0 aliphatic rings. The largest absolute Gasteiger partial charge is 0.494 e. The summed E-state index contributed by atoms with van der Waals surface area (Å²) in [6.45, 7) is 1.41. The van der Waals surface area contributed by atoms with Crippen LogP contribution in [0.25, 0.3) is 10.9 Å². The van der Waals surface area contributed by atoms with Gasteiger partial charge in [0.1, 0.15) is 12.4 Å². The number of rotatable bonds is 8. The van der Waals surface area contributed by atoms with Crippen LogP contribution >= 0.6 is 0 Å². The fourth-order valence-electron chi connectivity index (χ4n) is 3.51. The van der Waals surface area contributed by atoms with E-state index in [1.165, 1.54) is 12.1 Å². The highest BCUT2D eigenvalue weighted by molar-refractivity contribution is 6.22. The summed E-state index contributed by atoms with van der Waals surface area (Å²) in [6.07, 6.45) is 0. The number of H-pyrrole nitrogens is 1. The number of carbonyl (C=O) groups is 1. The number of carboxylic acid groups (broad SMARTS) is 1. The molecule has 33 heavy (non-hydrogen) atoms. The van der Waals surface area contributed by atoms with Crippen molar-refractivity contribution < 1.29 is 19.7 Å². The molecule has 0 bridgehead atoms. The lowest BCUT2D eigenvalue weighted by molar-refractivity contribution is 0.0697. The number of aromatic nitrogens is 1. The summed E-state index contributed by atoms with van der Waals surface area (Å²) in [5.41, 5.74) is 3.27. The Bertz CT molecular complexity index is 1290. The topological polar surface area (TPSA) is 98.2 Å². The van der Waals surface area contributed by atoms with Gasteiger partial charge >= 0.3 is 5.97 Å². The minimum absolute atomic E-state index is 0.0706. The lowest BCUT2D eigenvalue weighted by Crippen LogP contribution is -2.19. The lowest BCUT2D eigenvalue weighted by Gasteiger charge is -2.11. The van der Waals surface area contributed by atoms with Crippen LogP contribution in [0.1, 0.15) is 21.5 Å². The van der Waals surface area contributed by atoms with Gasteiger partial charge < -0.3 is 24.8 Å². The highest BCUT2D eigenvalue weighted by atomic mass is 16.5. The molecule has 0 unspecified atom stereocenters. The number of aromatic hydroxyl groups is 1. The van der Waals surface area contributed by atoms with E-state index in [9.17, 15) is 15.0 Å². The molecule has 7 nitrogen and oxygen atoms in total. The molecule has 3 aromatic carbocycles. The second kappa shape index (κ2) is 9.58. The van der Waals surface area contributed by atoms with Crippen LogP contribution in [-0.4, -0.2) is 59.0 Å². The summed E-state index contributed by atoms with van der Waals surface area (Å²) in [5.74, 6) is -0.343. The van der Waals surface area contributed by atoms with Gasteiger partial charge in [0.2, 0.25) is 0 Å². The van der Waals surface area contributed by atoms with Gasteiger partial charge in [-0.1, -0.05) is 36.4 Å². The molecular weight excluding hydrogens is 418 g/mol. The first-order valence-electron chi connectivity index (χ1n) is 10.5. The van der Waals surface area contributed by atoms with E-state index in [0.717, 1.165) is 17.9 Å². The molecule has 0 aliphatic carbocycles. The number of aliphatic imine (C=N–C) groups is 1. The maximum atomic E-state index is 11.3. The third kappa shape index (κ3) is 5.05. The molecule has 0 fully saturated rings. The van der Waals surface area contributed by atoms with Gasteiger partial charge in [-0.05, 0) is 50.5 Å². The number of aromatic amines is 1. The van der Waals surface area contributed by atoms with Gasteiger partial charge in [-0.3, -0.25) is 0 Å². The van der Waals surface area contributed by atoms with E-state index in [-0.39, 0.29) is 11.4 Å². The van der Waals surface area contributed by atoms with Crippen LogP contribution in [-0.2, 0) is 0 Å². The zero-order valence-electron chi connectivity index (χ0n) is 18.4. The molecule has 0 atom stereocenters. The van der Waals surface area contributed by atoms with Crippen molar-refractivity contribution in [3.8, 4) is 11.6 Å². The standard InChI is InChI=1S/C26H25N3O4/c1-29(2)14-15-33-20-11-9-19(10-12-20)27-24(17-6-4-3-5-7-17)23-21-13-8-18(26(31)32)16-22(21)28-25(23)30/h3-13,16,28,30H,14-15H2,1-2H3,(H,31,32). The first-order valence-corrected chi connectivity index (χ1v) is 10.5.